The SMILES string of the molecule is CC(C)Oc1ccc(Cl)cc1C(=O)NN. The first-order valence-electron chi connectivity index (χ1n) is 4.51. The maximum absolute atomic E-state index is 11.4. The van der Waals surface area contributed by atoms with Crippen molar-refractivity contribution in [3.8, 4) is 5.75 Å². The molecular formula is C10H13ClN2O2. The molecule has 0 bridgehead atoms. The van der Waals surface area contributed by atoms with Crippen LogP contribution in [0, 0.1) is 0 Å². The summed E-state index contributed by atoms with van der Waals surface area (Å²) in [4.78, 5) is 11.4. The van der Waals surface area contributed by atoms with Gasteiger partial charge in [-0.25, -0.2) is 5.84 Å². The van der Waals surface area contributed by atoms with Crippen LogP contribution in [0.1, 0.15) is 24.2 Å². The number of carbonyl (C=O) groups excluding carboxylic acids is 1. The number of hydrogen-bond acceptors (Lipinski definition) is 3. The zero-order chi connectivity index (χ0) is 11.4. The average Bonchev–Trinajstić information content (AvgIpc) is 2.19. The lowest BCUT2D eigenvalue weighted by Gasteiger charge is -2.13. The summed E-state index contributed by atoms with van der Waals surface area (Å²) in [7, 11) is 0. The molecule has 0 unspecified atom stereocenters. The lowest BCUT2D eigenvalue weighted by Crippen LogP contribution is -2.30. The van der Waals surface area contributed by atoms with Gasteiger partial charge in [-0.15, -0.1) is 0 Å². The number of nitrogens with one attached hydrogen (secondary N) is 1. The van der Waals surface area contributed by atoms with Gasteiger partial charge in [0.1, 0.15) is 5.75 Å². The highest BCUT2D eigenvalue weighted by molar-refractivity contribution is 6.31. The number of carbonyl (C=O) groups is 1. The quantitative estimate of drug-likeness (QED) is 0.471. The molecule has 0 aliphatic rings. The van der Waals surface area contributed by atoms with Crippen molar-refractivity contribution in [2.24, 2.45) is 5.84 Å². The number of rotatable bonds is 3. The van der Waals surface area contributed by atoms with Gasteiger partial charge in [0.2, 0.25) is 0 Å². The summed E-state index contributed by atoms with van der Waals surface area (Å²) < 4.78 is 5.45. The van der Waals surface area contributed by atoms with Gasteiger partial charge in [0.05, 0.1) is 11.7 Å². The van der Waals surface area contributed by atoms with E-state index in [1.807, 2.05) is 19.3 Å². The fourth-order valence-corrected chi connectivity index (χ4v) is 1.29. The van der Waals surface area contributed by atoms with Gasteiger partial charge in [0.15, 0.2) is 0 Å². The normalized spacial score (nSPS) is 10.2. The molecule has 1 aromatic rings. The molecule has 1 aromatic carbocycles. The molecular weight excluding hydrogens is 216 g/mol. The van der Waals surface area contributed by atoms with Crippen LogP contribution >= 0.6 is 11.6 Å². The fourth-order valence-electron chi connectivity index (χ4n) is 1.11. The topological polar surface area (TPSA) is 64.3 Å². The van der Waals surface area contributed by atoms with E-state index >= 15 is 0 Å². The summed E-state index contributed by atoms with van der Waals surface area (Å²) in [5, 5.41) is 0.463. The molecule has 0 saturated carbocycles. The minimum Gasteiger partial charge on any atom is -0.490 e. The summed E-state index contributed by atoms with van der Waals surface area (Å²) in [6.07, 6.45) is -0.0181. The number of nitrogen functional groups attached to an aromatic ring is 1. The number of amides is 1. The van der Waals surface area contributed by atoms with Crippen LogP contribution in [0.25, 0.3) is 0 Å². The van der Waals surface area contributed by atoms with Crippen molar-refractivity contribution in [3.63, 3.8) is 0 Å². The van der Waals surface area contributed by atoms with E-state index in [9.17, 15) is 4.79 Å². The predicted molar refractivity (Wildman–Crippen MR) is 58.9 cm³/mol. The third-order valence-corrected chi connectivity index (χ3v) is 1.92. The van der Waals surface area contributed by atoms with Crippen LogP contribution in [0.5, 0.6) is 5.75 Å². The molecule has 0 radical (unpaired) electrons. The highest BCUT2D eigenvalue weighted by atomic mass is 35.5. The molecule has 5 heteroatoms. The molecule has 0 heterocycles. The van der Waals surface area contributed by atoms with Crippen molar-refractivity contribution in [1.82, 2.24) is 5.43 Å². The Hall–Kier alpha value is -1.26. The standard InChI is InChI=1S/C10H13ClN2O2/c1-6(2)15-9-4-3-7(11)5-8(9)10(14)13-12/h3-6H,12H2,1-2H3,(H,13,14). The first-order valence-corrected chi connectivity index (χ1v) is 4.89. The predicted octanol–water partition coefficient (Wildman–Crippen LogP) is 1.73. The van der Waals surface area contributed by atoms with E-state index < -0.39 is 5.91 Å². The molecule has 0 saturated heterocycles. The summed E-state index contributed by atoms with van der Waals surface area (Å²) in [5.74, 6) is 5.10. The molecule has 0 aliphatic carbocycles. The molecule has 3 N–H and O–H groups in total. The third-order valence-electron chi connectivity index (χ3n) is 1.68. The number of benzene rings is 1. The lowest BCUT2D eigenvalue weighted by atomic mass is 10.2. The Morgan fingerprint density at radius 3 is 2.73 bits per heavy atom. The smallest absolute Gasteiger partial charge is 0.268 e. The van der Waals surface area contributed by atoms with E-state index in [1.54, 1.807) is 12.1 Å². The van der Waals surface area contributed by atoms with Crippen molar-refractivity contribution in [3.05, 3.63) is 28.8 Å². The van der Waals surface area contributed by atoms with Crippen LogP contribution in [0.2, 0.25) is 5.02 Å². The summed E-state index contributed by atoms with van der Waals surface area (Å²) in [6.45, 7) is 3.75. The van der Waals surface area contributed by atoms with Crippen molar-refractivity contribution < 1.29 is 9.53 Å². The Morgan fingerprint density at radius 2 is 2.20 bits per heavy atom. The van der Waals surface area contributed by atoms with Crippen molar-refractivity contribution in [1.29, 1.82) is 0 Å². The van der Waals surface area contributed by atoms with Gasteiger partial charge in [0, 0.05) is 5.02 Å². The van der Waals surface area contributed by atoms with E-state index in [-0.39, 0.29) is 6.10 Å². The molecule has 1 rings (SSSR count). The van der Waals surface area contributed by atoms with Gasteiger partial charge in [-0.05, 0) is 32.0 Å². The number of halogens is 1. The zero-order valence-corrected chi connectivity index (χ0v) is 9.34. The highest BCUT2D eigenvalue weighted by Crippen LogP contribution is 2.23. The largest absolute Gasteiger partial charge is 0.490 e. The van der Waals surface area contributed by atoms with E-state index in [0.29, 0.717) is 16.3 Å². The van der Waals surface area contributed by atoms with Crippen LogP contribution in [-0.4, -0.2) is 12.0 Å². The molecule has 0 spiro atoms. The first kappa shape index (κ1) is 11.8. The van der Waals surface area contributed by atoms with Crippen molar-refractivity contribution >= 4 is 17.5 Å². The molecule has 15 heavy (non-hydrogen) atoms. The molecule has 0 atom stereocenters. The van der Waals surface area contributed by atoms with Gasteiger partial charge in [-0.1, -0.05) is 11.6 Å². The van der Waals surface area contributed by atoms with Crippen molar-refractivity contribution in [2.75, 3.05) is 0 Å². The van der Waals surface area contributed by atoms with Gasteiger partial charge in [-0.2, -0.15) is 0 Å². The maximum atomic E-state index is 11.4. The molecule has 0 aromatic heterocycles. The van der Waals surface area contributed by atoms with Gasteiger partial charge in [0.25, 0.3) is 5.91 Å². The van der Waals surface area contributed by atoms with Crippen LogP contribution in [0.15, 0.2) is 18.2 Å². The fraction of sp³-hybridized carbons (Fsp3) is 0.300. The third kappa shape index (κ3) is 3.11. The van der Waals surface area contributed by atoms with E-state index in [2.05, 4.69) is 0 Å². The van der Waals surface area contributed by atoms with Crippen molar-refractivity contribution in [2.45, 2.75) is 20.0 Å². The molecule has 82 valence electrons. The Labute approximate surface area is 93.3 Å². The maximum Gasteiger partial charge on any atom is 0.268 e. The van der Waals surface area contributed by atoms with Gasteiger partial charge >= 0.3 is 0 Å². The lowest BCUT2D eigenvalue weighted by molar-refractivity contribution is 0.0948. The number of ether oxygens (including phenoxy) is 1. The second-order valence-electron chi connectivity index (χ2n) is 3.28. The zero-order valence-electron chi connectivity index (χ0n) is 8.58. The van der Waals surface area contributed by atoms with Crippen LogP contribution in [0.4, 0.5) is 0 Å². The van der Waals surface area contributed by atoms with E-state index in [0.717, 1.165) is 0 Å². The number of hydrazine groups is 1. The van der Waals surface area contributed by atoms with Crippen LogP contribution in [-0.2, 0) is 0 Å². The minimum atomic E-state index is -0.423. The second kappa shape index (κ2) is 5.00. The first-order chi connectivity index (χ1) is 7.04. The number of hydrogen-bond donors (Lipinski definition) is 2. The average molecular weight is 229 g/mol. The van der Waals surface area contributed by atoms with Gasteiger partial charge in [-0.3, -0.25) is 10.2 Å². The monoisotopic (exact) mass is 228 g/mol. The Morgan fingerprint density at radius 1 is 1.53 bits per heavy atom. The summed E-state index contributed by atoms with van der Waals surface area (Å²) in [6, 6.07) is 4.82. The van der Waals surface area contributed by atoms with E-state index in [1.165, 1.54) is 6.07 Å². The minimum absolute atomic E-state index is 0.0181. The van der Waals surface area contributed by atoms with Crippen LogP contribution < -0.4 is 16.0 Å². The Kier molecular flexibility index (Phi) is 3.94. The summed E-state index contributed by atoms with van der Waals surface area (Å²) >= 11 is 5.78. The molecule has 4 nitrogen and oxygen atoms in total. The molecule has 1 amide bonds. The molecule has 0 fully saturated rings. The summed E-state index contributed by atoms with van der Waals surface area (Å²) in [5.41, 5.74) is 2.38. The highest BCUT2D eigenvalue weighted by Gasteiger charge is 2.12. The van der Waals surface area contributed by atoms with E-state index in [4.69, 9.17) is 22.2 Å². The second-order valence-corrected chi connectivity index (χ2v) is 3.72. The number of nitrogens with two attached hydrogens (primary N) is 1. The Bertz CT molecular complexity index is 366. The molecule has 0 aliphatic heterocycles. The van der Waals surface area contributed by atoms with Crippen LogP contribution in [0.3, 0.4) is 0 Å². The Balaban J connectivity index is 3.08. The van der Waals surface area contributed by atoms with Gasteiger partial charge < -0.3 is 4.74 Å².